The summed E-state index contributed by atoms with van der Waals surface area (Å²) in [4.78, 5) is 25.3. The summed E-state index contributed by atoms with van der Waals surface area (Å²) in [6.45, 7) is 1.83. The number of methoxy groups -OCH3 is 1. The summed E-state index contributed by atoms with van der Waals surface area (Å²) in [6, 6.07) is 14.2. The van der Waals surface area contributed by atoms with Crippen LogP contribution in [-0.4, -0.2) is 29.7 Å². The van der Waals surface area contributed by atoms with Crippen molar-refractivity contribution in [3.8, 4) is 5.75 Å². The Morgan fingerprint density at radius 3 is 2.54 bits per heavy atom. The molecular weight excluding hydrogens is 324 g/mol. The van der Waals surface area contributed by atoms with Crippen molar-refractivity contribution in [1.29, 1.82) is 0 Å². The van der Waals surface area contributed by atoms with E-state index in [1.807, 2.05) is 37.3 Å². The number of phenolic OH excluding ortho intramolecular Hbond substituents is 1. The third kappa shape index (κ3) is 4.61. The van der Waals surface area contributed by atoms with Gasteiger partial charge in [0.25, 0.3) is 0 Å². The molecule has 4 nitrogen and oxygen atoms in total. The number of hydrogen-bond donors (Lipinski definition) is 1. The first kappa shape index (κ1) is 18.1. The van der Waals surface area contributed by atoms with E-state index in [0.29, 0.717) is 6.42 Å². The number of Topliss-reactive ketones (excluding diaryl/α,β-unsaturated/α-hetero) is 1. The molecular formula is C19H20O4S. The van der Waals surface area contributed by atoms with Gasteiger partial charge in [0.05, 0.1) is 18.2 Å². The van der Waals surface area contributed by atoms with Crippen molar-refractivity contribution < 1.29 is 19.4 Å². The van der Waals surface area contributed by atoms with Gasteiger partial charge in [0.2, 0.25) is 0 Å². The molecule has 0 fully saturated rings. The summed E-state index contributed by atoms with van der Waals surface area (Å²) >= 11 is 1.69. The topological polar surface area (TPSA) is 63.6 Å². The predicted molar refractivity (Wildman–Crippen MR) is 94.7 cm³/mol. The van der Waals surface area contributed by atoms with Gasteiger partial charge in [0, 0.05) is 10.8 Å². The molecule has 0 spiro atoms. The lowest BCUT2D eigenvalue weighted by Crippen LogP contribution is -2.13. The molecule has 0 aliphatic rings. The first-order valence-electron chi connectivity index (χ1n) is 7.66. The zero-order valence-corrected chi connectivity index (χ0v) is 14.5. The van der Waals surface area contributed by atoms with E-state index >= 15 is 0 Å². The summed E-state index contributed by atoms with van der Waals surface area (Å²) in [5, 5.41) is 9.93. The van der Waals surface area contributed by atoms with Crippen molar-refractivity contribution in [1.82, 2.24) is 0 Å². The number of hydrogen-bond acceptors (Lipinski definition) is 5. The van der Waals surface area contributed by atoms with E-state index in [1.165, 1.54) is 25.3 Å². The number of rotatable bonds is 7. The molecule has 1 atom stereocenters. The Morgan fingerprint density at radius 2 is 1.88 bits per heavy atom. The van der Waals surface area contributed by atoms with Crippen molar-refractivity contribution in [3.05, 3.63) is 59.7 Å². The van der Waals surface area contributed by atoms with Crippen molar-refractivity contribution in [3.63, 3.8) is 0 Å². The molecule has 0 aromatic heterocycles. The van der Waals surface area contributed by atoms with Crippen LogP contribution in [0.5, 0.6) is 5.75 Å². The quantitative estimate of drug-likeness (QED) is 0.464. The molecule has 0 aliphatic heterocycles. The average Bonchev–Trinajstić information content (AvgIpc) is 2.61. The number of benzene rings is 2. The molecule has 0 amide bonds. The fourth-order valence-corrected chi connectivity index (χ4v) is 3.30. The van der Waals surface area contributed by atoms with Crippen LogP contribution >= 0.6 is 11.8 Å². The SMILES string of the molecule is COC(=O)c1ccc(O)c(C(=O)C(C)CCSc2ccccc2)c1. The third-order valence-electron chi connectivity index (χ3n) is 3.69. The largest absolute Gasteiger partial charge is 0.507 e. The zero-order chi connectivity index (χ0) is 17.5. The first-order chi connectivity index (χ1) is 11.5. The molecule has 0 saturated carbocycles. The minimum absolute atomic E-state index is 0.116. The van der Waals surface area contributed by atoms with E-state index in [-0.39, 0.29) is 28.6 Å². The normalized spacial score (nSPS) is 11.8. The zero-order valence-electron chi connectivity index (χ0n) is 13.7. The van der Waals surface area contributed by atoms with Crippen molar-refractivity contribution >= 4 is 23.5 Å². The number of carbonyl (C=O) groups is 2. The van der Waals surface area contributed by atoms with E-state index in [4.69, 9.17) is 0 Å². The van der Waals surface area contributed by atoms with E-state index in [1.54, 1.807) is 11.8 Å². The summed E-state index contributed by atoms with van der Waals surface area (Å²) in [5.41, 5.74) is 0.416. The van der Waals surface area contributed by atoms with Gasteiger partial charge in [-0.05, 0) is 42.5 Å². The Kier molecular flexibility index (Phi) is 6.44. The average molecular weight is 344 g/mol. The Balaban J connectivity index is 2.01. The van der Waals surface area contributed by atoms with Gasteiger partial charge in [-0.25, -0.2) is 4.79 Å². The lowest BCUT2D eigenvalue weighted by atomic mass is 9.95. The van der Waals surface area contributed by atoms with Crippen LogP contribution in [-0.2, 0) is 4.74 Å². The lowest BCUT2D eigenvalue weighted by molar-refractivity contribution is 0.0600. The monoisotopic (exact) mass is 344 g/mol. The molecule has 1 unspecified atom stereocenters. The lowest BCUT2D eigenvalue weighted by Gasteiger charge is -2.12. The second kappa shape index (κ2) is 8.55. The molecule has 0 radical (unpaired) electrons. The molecule has 0 aliphatic carbocycles. The highest BCUT2D eigenvalue weighted by Crippen LogP contribution is 2.26. The van der Waals surface area contributed by atoms with Crippen molar-refractivity contribution in [2.24, 2.45) is 5.92 Å². The molecule has 2 aromatic rings. The maximum atomic E-state index is 12.5. The van der Waals surface area contributed by atoms with Crippen molar-refractivity contribution in [2.45, 2.75) is 18.2 Å². The molecule has 2 rings (SSSR count). The Hall–Kier alpha value is -2.27. The molecule has 0 bridgehead atoms. The molecule has 0 saturated heterocycles. The number of aromatic hydroxyl groups is 1. The number of carbonyl (C=O) groups excluding carboxylic acids is 2. The first-order valence-corrected chi connectivity index (χ1v) is 8.65. The molecule has 5 heteroatoms. The van der Waals surface area contributed by atoms with Crippen molar-refractivity contribution in [2.75, 3.05) is 12.9 Å². The van der Waals surface area contributed by atoms with Crippen LogP contribution < -0.4 is 0 Å². The van der Waals surface area contributed by atoms with Crippen LogP contribution in [0.3, 0.4) is 0 Å². The maximum absolute atomic E-state index is 12.5. The van der Waals surface area contributed by atoms with Gasteiger partial charge in [-0.3, -0.25) is 4.79 Å². The number of thioether (sulfide) groups is 1. The summed E-state index contributed by atoms with van der Waals surface area (Å²) in [5.74, 6) is -0.271. The number of ether oxygens (including phenoxy) is 1. The Morgan fingerprint density at radius 1 is 1.17 bits per heavy atom. The summed E-state index contributed by atoms with van der Waals surface area (Å²) < 4.78 is 4.65. The maximum Gasteiger partial charge on any atom is 0.337 e. The highest BCUT2D eigenvalue weighted by Gasteiger charge is 2.20. The fraction of sp³-hybridized carbons (Fsp3) is 0.263. The summed E-state index contributed by atoms with van der Waals surface area (Å²) in [7, 11) is 1.28. The molecule has 24 heavy (non-hydrogen) atoms. The predicted octanol–water partition coefficient (Wildman–Crippen LogP) is 4.18. The van der Waals surface area contributed by atoms with Crippen LogP contribution in [0.2, 0.25) is 0 Å². The smallest absolute Gasteiger partial charge is 0.337 e. The van der Waals surface area contributed by atoms with Gasteiger partial charge >= 0.3 is 5.97 Å². The third-order valence-corrected chi connectivity index (χ3v) is 4.74. The van der Waals surface area contributed by atoms with Crippen LogP contribution in [0.25, 0.3) is 0 Å². The summed E-state index contributed by atoms with van der Waals surface area (Å²) in [6.07, 6.45) is 0.681. The van der Waals surface area contributed by atoms with E-state index < -0.39 is 5.97 Å². The molecule has 0 heterocycles. The van der Waals surface area contributed by atoms with Crippen LogP contribution in [0, 0.1) is 5.92 Å². The minimum atomic E-state index is -0.531. The second-order valence-corrected chi connectivity index (χ2v) is 6.61. The van der Waals surface area contributed by atoms with Crippen LogP contribution in [0.4, 0.5) is 0 Å². The highest BCUT2D eigenvalue weighted by atomic mass is 32.2. The minimum Gasteiger partial charge on any atom is -0.507 e. The van der Waals surface area contributed by atoms with E-state index in [2.05, 4.69) is 4.74 Å². The molecule has 2 aromatic carbocycles. The van der Waals surface area contributed by atoms with Gasteiger partial charge in [-0.15, -0.1) is 11.8 Å². The van der Waals surface area contributed by atoms with Gasteiger partial charge < -0.3 is 9.84 Å². The Bertz CT molecular complexity index is 713. The van der Waals surface area contributed by atoms with Gasteiger partial charge in [0.15, 0.2) is 5.78 Å². The number of esters is 1. The van der Waals surface area contributed by atoms with Gasteiger partial charge in [0.1, 0.15) is 5.75 Å². The standard InChI is InChI=1S/C19H20O4S/c1-13(10-11-24-15-6-4-3-5-7-15)18(21)16-12-14(19(22)23-2)8-9-17(16)20/h3-9,12-13,20H,10-11H2,1-2H3. The number of phenols is 1. The van der Waals surface area contributed by atoms with Gasteiger partial charge in [-0.2, -0.15) is 0 Å². The molecule has 126 valence electrons. The number of ketones is 1. The van der Waals surface area contributed by atoms with Crippen LogP contribution in [0.15, 0.2) is 53.4 Å². The van der Waals surface area contributed by atoms with E-state index in [0.717, 1.165) is 10.6 Å². The molecule has 1 N–H and O–H groups in total. The Labute approximate surface area is 145 Å². The van der Waals surface area contributed by atoms with E-state index in [9.17, 15) is 14.7 Å². The second-order valence-electron chi connectivity index (χ2n) is 5.44. The van der Waals surface area contributed by atoms with Gasteiger partial charge in [-0.1, -0.05) is 25.1 Å². The fourth-order valence-electron chi connectivity index (χ4n) is 2.25. The van der Waals surface area contributed by atoms with Crippen LogP contribution in [0.1, 0.15) is 34.1 Å². The highest BCUT2D eigenvalue weighted by molar-refractivity contribution is 7.99.